The third kappa shape index (κ3) is 4.46. The van der Waals surface area contributed by atoms with Crippen molar-refractivity contribution >= 4 is 21.8 Å². The van der Waals surface area contributed by atoms with Crippen molar-refractivity contribution in [3.63, 3.8) is 0 Å². The van der Waals surface area contributed by atoms with Gasteiger partial charge >= 0.3 is 0 Å². The average molecular weight is 388 g/mol. The molecule has 2 aromatic rings. The van der Waals surface area contributed by atoms with Crippen LogP contribution in [-0.2, 0) is 16.0 Å². The summed E-state index contributed by atoms with van der Waals surface area (Å²) in [6.45, 7) is 3.98. The second-order valence-corrected chi connectivity index (χ2v) is 7.15. The molecule has 1 saturated heterocycles. The van der Waals surface area contributed by atoms with E-state index in [1.807, 2.05) is 17.0 Å². The van der Waals surface area contributed by atoms with Crippen LogP contribution >= 0.6 is 15.9 Å². The summed E-state index contributed by atoms with van der Waals surface area (Å²) >= 11 is 3.45. The van der Waals surface area contributed by atoms with Crippen molar-refractivity contribution in [2.24, 2.45) is 0 Å². The smallest absolute Gasteiger partial charge is 0.223 e. The number of nitrogens with zero attached hydrogens (tertiary/aromatic N) is 1. The zero-order chi connectivity index (χ0) is 16.9. The van der Waals surface area contributed by atoms with Crippen LogP contribution in [0.15, 0.2) is 53.0 Å². The van der Waals surface area contributed by atoms with Gasteiger partial charge in [0.1, 0.15) is 6.10 Å². The van der Waals surface area contributed by atoms with E-state index in [1.54, 1.807) is 0 Å². The molecular weight excluding hydrogens is 366 g/mol. The summed E-state index contributed by atoms with van der Waals surface area (Å²) in [4.78, 5) is 14.5. The summed E-state index contributed by atoms with van der Waals surface area (Å²) in [5.74, 6) is 0.209. The Bertz CT molecular complexity index is 682. The van der Waals surface area contributed by atoms with Crippen molar-refractivity contribution in [2.45, 2.75) is 25.9 Å². The third-order valence-corrected chi connectivity index (χ3v) is 4.94. The topological polar surface area (TPSA) is 29.5 Å². The minimum Gasteiger partial charge on any atom is -0.370 e. The molecule has 24 heavy (non-hydrogen) atoms. The fourth-order valence-electron chi connectivity index (χ4n) is 2.92. The predicted octanol–water partition coefficient (Wildman–Crippen LogP) is 4.29. The molecule has 126 valence electrons. The van der Waals surface area contributed by atoms with Gasteiger partial charge in [0.2, 0.25) is 5.91 Å². The number of carbonyl (C=O) groups is 1. The molecule has 3 rings (SSSR count). The van der Waals surface area contributed by atoms with Crippen molar-refractivity contribution in [1.82, 2.24) is 4.90 Å². The Kier molecular flexibility index (Phi) is 5.69. The van der Waals surface area contributed by atoms with E-state index in [2.05, 4.69) is 59.3 Å². The Morgan fingerprint density at radius 3 is 2.58 bits per heavy atom. The number of rotatable bonds is 4. The van der Waals surface area contributed by atoms with Crippen LogP contribution in [0, 0.1) is 6.92 Å². The van der Waals surface area contributed by atoms with Gasteiger partial charge in [0.25, 0.3) is 0 Å². The highest BCUT2D eigenvalue weighted by molar-refractivity contribution is 9.10. The van der Waals surface area contributed by atoms with Crippen molar-refractivity contribution in [1.29, 1.82) is 0 Å². The second-order valence-electron chi connectivity index (χ2n) is 6.24. The molecule has 2 aromatic carbocycles. The van der Waals surface area contributed by atoms with E-state index in [9.17, 15) is 4.79 Å². The van der Waals surface area contributed by atoms with Crippen LogP contribution in [0.2, 0.25) is 0 Å². The van der Waals surface area contributed by atoms with Gasteiger partial charge in [-0.15, -0.1) is 0 Å². The van der Waals surface area contributed by atoms with Gasteiger partial charge in [-0.1, -0.05) is 57.9 Å². The lowest BCUT2D eigenvalue weighted by Gasteiger charge is -2.33. The Labute approximate surface area is 151 Å². The molecule has 1 aliphatic heterocycles. The molecule has 0 saturated carbocycles. The largest absolute Gasteiger partial charge is 0.370 e. The molecule has 3 nitrogen and oxygen atoms in total. The second kappa shape index (κ2) is 7.95. The van der Waals surface area contributed by atoms with Crippen LogP contribution in [0.1, 0.15) is 29.2 Å². The minimum atomic E-state index is -0.0322. The molecule has 0 aromatic heterocycles. The molecule has 0 spiro atoms. The summed E-state index contributed by atoms with van der Waals surface area (Å²) in [7, 11) is 0. The van der Waals surface area contributed by atoms with Crippen molar-refractivity contribution in [3.8, 4) is 0 Å². The van der Waals surface area contributed by atoms with Gasteiger partial charge in [-0.2, -0.15) is 0 Å². The van der Waals surface area contributed by atoms with Gasteiger partial charge in [-0.3, -0.25) is 4.79 Å². The summed E-state index contributed by atoms with van der Waals surface area (Å²) < 4.78 is 6.90. The van der Waals surface area contributed by atoms with E-state index >= 15 is 0 Å². The monoisotopic (exact) mass is 387 g/mol. The number of ether oxygens (including phenoxy) is 1. The maximum Gasteiger partial charge on any atom is 0.223 e. The minimum absolute atomic E-state index is 0.0322. The Morgan fingerprint density at radius 2 is 1.88 bits per heavy atom. The molecule has 1 aliphatic rings. The fourth-order valence-corrected chi connectivity index (χ4v) is 3.18. The summed E-state index contributed by atoms with van der Waals surface area (Å²) in [5.41, 5.74) is 3.58. The van der Waals surface area contributed by atoms with E-state index in [1.165, 1.54) is 11.1 Å². The number of carbonyl (C=O) groups excluding carboxylic acids is 1. The number of hydrogen-bond acceptors (Lipinski definition) is 2. The lowest BCUT2D eigenvalue weighted by molar-refractivity contribution is -0.139. The van der Waals surface area contributed by atoms with E-state index in [4.69, 9.17) is 4.74 Å². The lowest BCUT2D eigenvalue weighted by Crippen LogP contribution is -2.42. The number of hydrogen-bond donors (Lipinski definition) is 0. The summed E-state index contributed by atoms with van der Waals surface area (Å²) in [6, 6.07) is 16.5. The number of benzene rings is 2. The lowest BCUT2D eigenvalue weighted by atomic mass is 10.1. The molecule has 1 atom stereocenters. The van der Waals surface area contributed by atoms with E-state index in [0.717, 1.165) is 16.5 Å². The van der Waals surface area contributed by atoms with Crippen LogP contribution in [-0.4, -0.2) is 30.5 Å². The number of amides is 1. The molecule has 1 heterocycles. The SMILES string of the molecule is Cc1ccc(CCC(=O)N2CCOC(c3ccc(Br)cc3)C2)cc1. The third-order valence-electron chi connectivity index (χ3n) is 4.41. The van der Waals surface area contributed by atoms with Gasteiger partial charge in [-0.25, -0.2) is 0 Å². The van der Waals surface area contributed by atoms with Crippen LogP contribution in [0.3, 0.4) is 0 Å². The zero-order valence-corrected chi connectivity index (χ0v) is 15.5. The zero-order valence-electron chi connectivity index (χ0n) is 13.9. The Hall–Kier alpha value is -1.65. The maximum absolute atomic E-state index is 12.5. The molecule has 0 bridgehead atoms. The van der Waals surface area contributed by atoms with E-state index < -0.39 is 0 Å². The normalized spacial score (nSPS) is 17.8. The first-order valence-corrected chi connectivity index (χ1v) is 9.11. The highest BCUT2D eigenvalue weighted by Crippen LogP contribution is 2.24. The number of aryl methyl sites for hydroxylation is 2. The highest BCUT2D eigenvalue weighted by atomic mass is 79.9. The number of halogens is 1. The van der Waals surface area contributed by atoms with Crippen LogP contribution < -0.4 is 0 Å². The Balaban J connectivity index is 1.56. The van der Waals surface area contributed by atoms with Crippen molar-refractivity contribution in [3.05, 3.63) is 69.7 Å². The molecule has 0 N–H and O–H groups in total. The quantitative estimate of drug-likeness (QED) is 0.782. The van der Waals surface area contributed by atoms with E-state index in [-0.39, 0.29) is 12.0 Å². The van der Waals surface area contributed by atoms with Crippen LogP contribution in [0.4, 0.5) is 0 Å². The standard InChI is InChI=1S/C20H22BrNO2/c1-15-2-4-16(5-3-15)6-11-20(23)22-12-13-24-19(14-22)17-7-9-18(21)10-8-17/h2-5,7-10,19H,6,11-14H2,1H3. The van der Waals surface area contributed by atoms with Crippen LogP contribution in [0.25, 0.3) is 0 Å². The van der Waals surface area contributed by atoms with Crippen molar-refractivity contribution in [2.75, 3.05) is 19.7 Å². The van der Waals surface area contributed by atoms with Gasteiger partial charge in [0, 0.05) is 17.4 Å². The fraction of sp³-hybridized carbons (Fsp3) is 0.350. The molecule has 0 radical (unpaired) electrons. The molecule has 0 aliphatic carbocycles. The van der Waals surface area contributed by atoms with Gasteiger partial charge in [-0.05, 0) is 36.6 Å². The molecule has 1 unspecified atom stereocenters. The van der Waals surface area contributed by atoms with Gasteiger partial charge in [0.05, 0.1) is 13.2 Å². The maximum atomic E-state index is 12.5. The Morgan fingerprint density at radius 1 is 1.17 bits per heavy atom. The van der Waals surface area contributed by atoms with Crippen LogP contribution in [0.5, 0.6) is 0 Å². The molecule has 4 heteroatoms. The van der Waals surface area contributed by atoms with E-state index in [0.29, 0.717) is 26.1 Å². The highest BCUT2D eigenvalue weighted by Gasteiger charge is 2.25. The predicted molar refractivity (Wildman–Crippen MR) is 98.9 cm³/mol. The molecule has 1 fully saturated rings. The molecule has 1 amide bonds. The summed E-state index contributed by atoms with van der Waals surface area (Å²) in [5, 5.41) is 0. The van der Waals surface area contributed by atoms with Gasteiger partial charge in [0.15, 0.2) is 0 Å². The number of morpholine rings is 1. The van der Waals surface area contributed by atoms with Crippen molar-refractivity contribution < 1.29 is 9.53 Å². The van der Waals surface area contributed by atoms with Gasteiger partial charge < -0.3 is 9.64 Å². The first-order chi connectivity index (χ1) is 11.6. The molecular formula is C20H22BrNO2. The average Bonchev–Trinajstić information content (AvgIpc) is 2.62. The summed E-state index contributed by atoms with van der Waals surface area (Å²) in [6.07, 6.45) is 1.31. The first kappa shape index (κ1) is 17.2. The first-order valence-electron chi connectivity index (χ1n) is 8.32.